The number of aliphatic carboxylic acids is 1. The Bertz CT molecular complexity index is 238. The SMILES string of the molecule is COCCC(C)NC(=O)C(C)(C)C(=O)O. The Labute approximate surface area is 89.8 Å². The van der Waals surface area contributed by atoms with E-state index in [0.29, 0.717) is 13.0 Å². The van der Waals surface area contributed by atoms with E-state index < -0.39 is 17.3 Å². The summed E-state index contributed by atoms with van der Waals surface area (Å²) in [4.78, 5) is 22.3. The zero-order valence-electron chi connectivity index (χ0n) is 9.66. The normalized spacial score (nSPS) is 13.3. The molecule has 0 radical (unpaired) electrons. The van der Waals surface area contributed by atoms with Gasteiger partial charge < -0.3 is 15.2 Å². The van der Waals surface area contributed by atoms with Crippen LogP contribution in [-0.4, -0.2) is 36.7 Å². The van der Waals surface area contributed by atoms with Crippen molar-refractivity contribution in [2.75, 3.05) is 13.7 Å². The predicted octanol–water partition coefficient (Wildman–Crippen LogP) is 0.638. The van der Waals surface area contributed by atoms with Gasteiger partial charge in [0, 0.05) is 19.8 Å². The quantitative estimate of drug-likeness (QED) is 0.640. The molecular weight excluding hydrogens is 198 g/mol. The molecule has 0 aliphatic heterocycles. The van der Waals surface area contributed by atoms with Crippen molar-refractivity contribution in [3.63, 3.8) is 0 Å². The molecule has 0 aliphatic carbocycles. The van der Waals surface area contributed by atoms with Crippen molar-refractivity contribution in [2.45, 2.75) is 33.2 Å². The molecule has 2 N–H and O–H groups in total. The number of rotatable bonds is 6. The average Bonchev–Trinajstić information content (AvgIpc) is 2.14. The molecule has 0 saturated carbocycles. The molecule has 88 valence electrons. The first-order valence-electron chi connectivity index (χ1n) is 4.85. The average molecular weight is 217 g/mol. The van der Waals surface area contributed by atoms with Crippen LogP contribution in [0.1, 0.15) is 27.2 Å². The highest BCUT2D eigenvalue weighted by molar-refractivity contribution is 6.01. The van der Waals surface area contributed by atoms with Crippen LogP contribution in [0.3, 0.4) is 0 Å². The zero-order valence-corrected chi connectivity index (χ0v) is 9.66. The van der Waals surface area contributed by atoms with Gasteiger partial charge in [-0.25, -0.2) is 0 Å². The van der Waals surface area contributed by atoms with Gasteiger partial charge in [0.2, 0.25) is 5.91 Å². The highest BCUT2D eigenvalue weighted by Crippen LogP contribution is 2.15. The predicted molar refractivity (Wildman–Crippen MR) is 55.5 cm³/mol. The van der Waals surface area contributed by atoms with Gasteiger partial charge in [-0.3, -0.25) is 9.59 Å². The molecule has 0 rings (SSSR count). The fraction of sp³-hybridized carbons (Fsp3) is 0.800. The molecule has 15 heavy (non-hydrogen) atoms. The topological polar surface area (TPSA) is 75.6 Å². The summed E-state index contributed by atoms with van der Waals surface area (Å²) in [5.74, 6) is -1.60. The third kappa shape index (κ3) is 4.29. The molecule has 1 unspecified atom stereocenters. The minimum atomic E-state index is -1.39. The lowest BCUT2D eigenvalue weighted by molar-refractivity contribution is -0.153. The van der Waals surface area contributed by atoms with Crippen LogP contribution >= 0.6 is 0 Å². The molecular formula is C10H19NO4. The minimum absolute atomic E-state index is 0.0870. The monoisotopic (exact) mass is 217 g/mol. The number of hydrogen-bond donors (Lipinski definition) is 2. The van der Waals surface area contributed by atoms with Crippen LogP contribution < -0.4 is 5.32 Å². The Hall–Kier alpha value is -1.10. The largest absolute Gasteiger partial charge is 0.480 e. The molecule has 0 saturated heterocycles. The van der Waals surface area contributed by atoms with E-state index in [9.17, 15) is 9.59 Å². The summed E-state index contributed by atoms with van der Waals surface area (Å²) < 4.78 is 4.86. The Morgan fingerprint density at radius 1 is 1.47 bits per heavy atom. The zero-order chi connectivity index (χ0) is 12.1. The van der Waals surface area contributed by atoms with Gasteiger partial charge in [0.05, 0.1) is 0 Å². The molecule has 1 atom stereocenters. The Balaban J connectivity index is 4.18. The third-order valence-electron chi connectivity index (χ3n) is 2.23. The fourth-order valence-corrected chi connectivity index (χ4v) is 0.868. The number of nitrogens with one attached hydrogen (secondary N) is 1. The molecule has 0 spiro atoms. The number of hydrogen-bond acceptors (Lipinski definition) is 3. The van der Waals surface area contributed by atoms with Gasteiger partial charge in [0.15, 0.2) is 0 Å². The first kappa shape index (κ1) is 13.9. The smallest absolute Gasteiger partial charge is 0.318 e. The van der Waals surface area contributed by atoms with E-state index in [4.69, 9.17) is 9.84 Å². The number of carboxylic acid groups (broad SMARTS) is 1. The maximum absolute atomic E-state index is 11.5. The molecule has 0 aliphatic rings. The third-order valence-corrected chi connectivity index (χ3v) is 2.23. The summed E-state index contributed by atoms with van der Waals surface area (Å²) in [6.07, 6.45) is 0.665. The highest BCUT2D eigenvalue weighted by Gasteiger charge is 2.36. The number of methoxy groups -OCH3 is 1. The van der Waals surface area contributed by atoms with E-state index in [1.165, 1.54) is 13.8 Å². The number of carbonyl (C=O) groups is 2. The summed E-state index contributed by atoms with van der Waals surface area (Å²) in [7, 11) is 1.58. The van der Waals surface area contributed by atoms with Gasteiger partial charge in [-0.2, -0.15) is 0 Å². The Morgan fingerprint density at radius 2 is 2.00 bits per heavy atom. The maximum atomic E-state index is 11.5. The van der Waals surface area contributed by atoms with E-state index in [0.717, 1.165) is 0 Å². The van der Waals surface area contributed by atoms with Crippen molar-refractivity contribution >= 4 is 11.9 Å². The molecule has 0 fully saturated rings. The van der Waals surface area contributed by atoms with Gasteiger partial charge in [-0.1, -0.05) is 0 Å². The lowest BCUT2D eigenvalue weighted by Crippen LogP contribution is -2.46. The van der Waals surface area contributed by atoms with Gasteiger partial charge in [-0.05, 0) is 27.2 Å². The first-order valence-corrected chi connectivity index (χ1v) is 4.85. The summed E-state index contributed by atoms with van der Waals surface area (Å²) in [6.45, 7) is 5.12. The van der Waals surface area contributed by atoms with Crippen LogP contribution in [0.4, 0.5) is 0 Å². The van der Waals surface area contributed by atoms with Gasteiger partial charge in [-0.15, -0.1) is 0 Å². The van der Waals surface area contributed by atoms with Crippen molar-refractivity contribution < 1.29 is 19.4 Å². The van der Waals surface area contributed by atoms with Gasteiger partial charge in [0.1, 0.15) is 5.41 Å². The standard InChI is InChI=1S/C10H19NO4/c1-7(5-6-15-4)11-8(12)10(2,3)9(13)14/h7H,5-6H2,1-4H3,(H,11,12)(H,13,14). The Kier molecular flexibility index (Phi) is 5.28. The van der Waals surface area contributed by atoms with Crippen molar-refractivity contribution in [3.05, 3.63) is 0 Å². The van der Waals surface area contributed by atoms with Crippen molar-refractivity contribution in [1.82, 2.24) is 5.32 Å². The van der Waals surface area contributed by atoms with Crippen molar-refractivity contribution in [2.24, 2.45) is 5.41 Å². The molecule has 5 nitrogen and oxygen atoms in total. The molecule has 1 amide bonds. The summed E-state index contributed by atoms with van der Waals surface area (Å²) in [5, 5.41) is 11.5. The molecule has 0 bridgehead atoms. The van der Waals surface area contributed by atoms with Crippen LogP contribution in [0.2, 0.25) is 0 Å². The molecule has 0 aromatic heterocycles. The lowest BCUT2D eigenvalue weighted by atomic mass is 9.92. The first-order chi connectivity index (χ1) is 6.82. The van der Waals surface area contributed by atoms with Crippen LogP contribution in [0.5, 0.6) is 0 Å². The summed E-state index contributed by atoms with van der Waals surface area (Å²) >= 11 is 0. The molecule has 0 heterocycles. The summed E-state index contributed by atoms with van der Waals surface area (Å²) in [6, 6.07) is -0.0870. The molecule has 5 heteroatoms. The van der Waals surface area contributed by atoms with E-state index in [1.54, 1.807) is 7.11 Å². The van der Waals surface area contributed by atoms with Crippen LogP contribution in [0.25, 0.3) is 0 Å². The molecule has 0 aromatic rings. The van der Waals surface area contributed by atoms with E-state index in [2.05, 4.69) is 5.32 Å². The highest BCUT2D eigenvalue weighted by atomic mass is 16.5. The van der Waals surface area contributed by atoms with Gasteiger partial charge >= 0.3 is 5.97 Å². The second-order valence-electron chi connectivity index (χ2n) is 4.09. The van der Waals surface area contributed by atoms with E-state index >= 15 is 0 Å². The minimum Gasteiger partial charge on any atom is -0.480 e. The van der Waals surface area contributed by atoms with Crippen LogP contribution in [0, 0.1) is 5.41 Å². The van der Waals surface area contributed by atoms with E-state index in [-0.39, 0.29) is 6.04 Å². The second kappa shape index (κ2) is 5.70. The van der Waals surface area contributed by atoms with Crippen molar-refractivity contribution in [1.29, 1.82) is 0 Å². The van der Waals surface area contributed by atoms with Crippen LogP contribution in [-0.2, 0) is 14.3 Å². The maximum Gasteiger partial charge on any atom is 0.318 e. The van der Waals surface area contributed by atoms with E-state index in [1.807, 2.05) is 6.92 Å². The number of amides is 1. The fourth-order valence-electron chi connectivity index (χ4n) is 0.868. The van der Waals surface area contributed by atoms with Crippen LogP contribution in [0.15, 0.2) is 0 Å². The second-order valence-corrected chi connectivity index (χ2v) is 4.09. The number of ether oxygens (including phenoxy) is 1. The lowest BCUT2D eigenvalue weighted by Gasteiger charge is -2.21. The Morgan fingerprint density at radius 3 is 2.40 bits per heavy atom. The van der Waals surface area contributed by atoms with Gasteiger partial charge in [0.25, 0.3) is 0 Å². The summed E-state index contributed by atoms with van der Waals surface area (Å²) in [5.41, 5.74) is -1.39. The number of carbonyl (C=O) groups excluding carboxylic acids is 1. The van der Waals surface area contributed by atoms with Crippen molar-refractivity contribution in [3.8, 4) is 0 Å². The molecule has 0 aromatic carbocycles. The number of carboxylic acids is 1.